The molecule has 0 aromatic heterocycles. The molecule has 1 aliphatic heterocycles. The van der Waals surface area contributed by atoms with E-state index < -0.39 is 17.7 Å². The second-order valence-electron chi connectivity index (χ2n) is 6.98. The first kappa shape index (κ1) is 20.2. The molecule has 1 saturated heterocycles. The van der Waals surface area contributed by atoms with Crippen LogP contribution >= 0.6 is 0 Å². The number of amides is 1. The lowest BCUT2D eigenvalue weighted by molar-refractivity contribution is -0.132. The topological polar surface area (TPSA) is 76.1 Å². The highest BCUT2D eigenvalue weighted by Crippen LogP contribution is 2.45. The highest BCUT2D eigenvalue weighted by molar-refractivity contribution is 6.51. The van der Waals surface area contributed by atoms with E-state index in [1.54, 1.807) is 72.8 Å². The zero-order chi connectivity index (χ0) is 22.0. The van der Waals surface area contributed by atoms with Crippen LogP contribution in [-0.2, 0) is 9.59 Å². The van der Waals surface area contributed by atoms with Crippen LogP contribution in [0.15, 0.2) is 84.4 Å². The van der Waals surface area contributed by atoms with Gasteiger partial charge in [0.1, 0.15) is 17.3 Å². The molecule has 3 aromatic carbocycles. The van der Waals surface area contributed by atoms with Gasteiger partial charge in [-0.1, -0.05) is 54.6 Å². The number of hydrogen-bond acceptors (Lipinski definition) is 5. The first-order valence-corrected chi connectivity index (χ1v) is 9.70. The molecule has 1 atom stereocenters. The molecule has 0 saturated carbocycles. The molecular formula is C25H21NO5. The molecule has 1 N–H and O–H groups in total. The Bertz CT molecular complexity index is 1170. The third-order valence-electron chi connectivity index (χ3n) is 5.26. The number of anilines is 1. The molecule has 3 aromatic rings. The molecule has 31 heavy (non-hydrogen) atoms. The average molecular weight is 415 g/mol. The van der Waals surface area contributed by atoms with E-state index in [0.29, 0.717) is 28.3 Å². The number of benzene rings is 3. The Morgan fingerprint density at radius 1 is 0.871 bits per heavy atom. The Morgan fingerprint density at radius 3 is 2.29 bits per heavy atom. The van der Waals surface area contributed by atoms with Crippen LogP contribution in [0.3, 0.4) is 0 Å². The van der Waals surface area contributed by atoms with Gasteiger partial charge in [-0.15, -0.1) is 0 Å². The highest BCUT2D eigenvalue weighted by Gasteiger charge is 2.48. The van der Waals surface area contributed by atoms with Gasteiger partial charge in [-0.25, -0.2) is 0 Å². The Balaban J connectivity index is 1.99. The molecule has 1 amide bonds. The van der Waals surface area contributed by atoms with E-state index in [-0.39, 0.29) is 11.3 Å². The molecule has 0 aliphatic carbocycles. The predicted octanol–water partition coefficient (Wildman–Crippen LogP) is 4.33. The van der Waals surface area contributed by atoms with Gasteiger partial charge in [-0.3, -0.25) is 14.5 Å². The Kier molecular flexibility index (Phi) is 5.45. The van der Waals surface area contributed by atoms with Crippen molar-refractivity contribution in [3.05, 3.63) is 95.6 Å². The van der Waals surface area contributed by atoms with E-state index in [1.807, 2.05) is 6.07 Å². The van der Waals surface area contributed by atoms with Crippen LogP contribution in [0.25, 0.3) is 5.76 Å². The molecule has 6 nitrogen and oxygen atoms in total. The smallest absolute Gasteiger partial charge is 0.300 e. The van der Waals surface area contributed by atoms with Crippen molar-refractivity contribution in [2.75, 3.05) is 19.1 Å². The minimum absolute atomic E-state index is 0.00326. The fourth-order valence-electron chi connectivity index (χ4n) is 3.80. The van der Waals surface area contributed by atoms with E-state index in [0.717, 1.165) is 0 Å². The Labute approximate surface area is 180 Å². The lowest BCUT2D eigenvalue weighted by Crippen LogP contribution is -2.29. The first-order valence-electron chi connectivity index (χ1n) is 9.70. The lowest BCUT2D eigenvalue weighted by Gasteiger charge is -2.26. The zero-order valence-corrected chi connectivity index (χ0v) is 17.1. The highest BCUT2D eigenvalue weighted by atomic mass is 16.5. The van der Waals surface area contributed by atoms with Crippen molar-refractivity contribution in [1.29, 1.82) is 0 Å². The summed E-state index contributed by atoms with van der Waals surface area (Å²) < 4.78 is 10.8. The van der Waals surface area contributed by atoms with Crippen molar-refractivity contribution in [1.82, 2.24) is 0 Å². The van der Waals surface area contributed by atoms with E-state index in [1.165, 1.54) is 19.1 Å². The minimum Gasteiger partial charge on any atom is -0.507 e. The monoisotopic (exact) mass is 415 g/mol. The summed E-state index contributed by atoms with van der Waals surface area (Å²) in [7, 11) is 3.05. The fourth-order valence-corrected chi connectivity index (χ4v) is 3.80. The van der Waals surface area contributed by atoms with Crippen LogP contribution in [0, 0.1) is 0 Å². The number of para-hydroxylation sites is 1. The van der Waals surface area contributed by atoms with Crippen LogP contribution < -0.4 is 14.4 Å². The van der Waals surface area contributed by atoms with Gasteiger partial charge in [0, 0.05) is 22.9 Å². The zero-order valence-electron chi connectivity index (χ0n) is 17.1. The van der Waals surface area contributed by atoms with Crippen molar-refractivity contribution < 1.29 is 24.2 Å². The number of aliphatic hydroxyl groups is 1. The first-order chi connectivity index (χ1) is 15.1. The van der Waals surface area contributed by atoms with Gasteiger partial charge < -0.3 is 14.6 Å². The summed E-state index contributed by atoms with van der Waals surface area (Å²) in [5, 5.41) is 11.1. The molecule has 0 bridgehead atoms. The minimum atomic E-state index is -0.872. The maximum Gasteiger partial charge on any atom is 0.300 e. The molecular weight excluding hydrogens is 394 g/mol. The molecule has 4 rings (SSSR count). The number of aliphatic hydroxyl groups excluding tert-OH is 1. The Morgan fingerprint density at radius 2 is 1.58 bits per heavy atom. The van der Waals surface area contributed by atoms with Crippen molar-refractivity contribution in [2.24, 2.45) is 0 Å². The number of rotatable bonds is 5. The number of ether oxygens (including phenoxy) is 2. The predicted molar refractivity (Wildman–Crippen MR) is 117 cm³/mol. The van der Waals surface area contributed by atoms with Crippen LogP contribution in [0.5, 0.6) is 11.5 Å². The third-order valence-corrected chi connectivity index (χ3v) is 5.26. The average Bonchev–Trinajstić information content (AvgIpc) is 3.09. The second-order valence-corrected chi connectivity index (χ2v) is 6.98. The molecule has 1 heterocycles. The van der Waals surface area contributed by atoms with Crippen LogP contribution in [0.1, 0.15) is 17.2 Å². The van der Waals surface area contributed by atoms with Gasteiger partial charge in [0.05, 0.1) is 25.8 Å². The van der Waals surface area contributed by atoms with Gasteiger partial charge in [-0.05, 0) is 18.2 Å². The number of carbonyl (C=O) groups is 2. The van der Waals surface area contributed by atoms with Gasteiger partial charge in [-0.2, -0.15) is 0 Å². The molecule has 1 aliphatic rings. The van der Waals surface area contributed by atoms with Crippen molar-refractivity contribution in [3.63, 3.8) is 0 Å². The van der Waals surface area contributed by atoms with Gasteiger partial charge in [0.15, 0.2) is 0 Å². The van der Waals surface area contributed by atoms with E-state index in [9.17, 15) is 14.7 Å². The van der Waals surface area contributed by atoms with E-state index in [2.05, 4.69) is 0 Å². The molecule has 156 valence electrons. The second kappa shape index (κ2) is 8.36. The van der Waals surface area contributed by atoms with Crippen molar-refractivity contribution in [3.8, 4) is 11.5 Å². The summed E-state index contributed by atoms with van der Waals surface area (Å²) in [6.45, 7) is 0. The molecule has 6 heteroatoms. The number of Topliss-reactive ketones (excluding diaryl/α,β-unsaturated/α-hetero) is 1. The number of ketones is 1. The summed E-state index contributed by atoms with van der Waals surface area (Å²) in [5.74, 6) is -0.690. The number of nitrogens with zero attached hydrogens (tertiary/aromatic N) is 1. The van der Waals surface area contributed by atoms with E-state index >= 15 is 0 Å². The van der Waals surface area contributed by atoms with Crippen LogP contribution in [-0.4, -0.2) is 31.0 Å². The van der Waals surface area contributed by atoms with Gasteiger partial charge >= 0.3 is 0 Å². The van der Waals surface area contributed by atoms with Crippen LogP contribution in [0.4, 0.5) is 5.69 Å². The standard InChI is InChI=1S/C25H21NO5/c1-30-18-12-8-11-17(15-18)26-22(19-13-6-7-14-20(19)31-2)21(24(28)25(26)29)23(27)16-9-4-3-5-10-16/h3-15,22,27H,1-2H3/t22-/m0/s1. The number of carbonyl (C=O) groups excluding carboxylic acids is 2. The number of methoxy groups -OCH3 is 2. The molecule has 1 fully saturated rings. The largest absolute Gasteiger partial charge is 0.507 e. The summed E-state index contributed by atoms with van der Waals surface area (Å²) in [6, 6.07) is 21.8. The quantitative estimate of drug-likeness (QED) is 0.381. The van der Waals surface area contributed by atoms with Crippen molar-refractivity contribution in [2.45, 2.75) is 6.04 Å². The van der Waals surface area contributed by atoms with E-state index in [4.69, 9.17) is 9.47 Å². The van der Waals surface area contributed by atoms with Gasteiger partial charge in [0.25, 0.3) is 11.7 Å². The number of hydrogen-bond donors (Lipinski definition) is 1. The molecule has 0 radical (unpaired) electrons. The lowest BCUT2D eigenvalue weighted by atomic mass is 9.94. The summed E-state index contributed by atoms with van der Waals surface area (Å²) in [6.07, 6.45) is 0. The third kappa shape index (κ3) is 3.53. The maximum absolute atomic E-state index is 13.2. The Hall–Kier alpha value is -4.06. The molecule has 0 unspecified atom stereocenters. The molecule has 0 spiro atoms. The fraction of sp³-hybridized carbons (Fsp3) is 0.120. The van der Waals surface area contributed by atoms with Crippen molar-refractivity contribution >= 4 is 23.1 Å². The maximum atomic E-state index is 13.2. The SMILES string of the molecule is COc1cccc(N2C(=O)C(=O)C(=C(O)c3ccccc3)[C@@H]2c2ccccc2OC)c1. The summed E-state index contributed by atoms with van der Waals surface area (Å²) in [5.41, 5.74) is 1.52. The summed E-state index contributed by atoms with van der Waals surface area (Å²) in [4.78, 5) is 27.7. The van der Waals surface area contributed by atoms with Gasteiger partial charge in [0.2, 0.25) is 0 Å². The van der Waals surface area contributed by atoms with Crippen LogP contribution in [0.2, 0.25) is 0 Å². The normalized spacial score (nSPS) is 17.6. The summed E-state index contributed by atoms with van der Waals surface area (Å²) >= 11 is 0.